The maximum absolute atomic E-state index is 11.5. The summed E-state index contributed by atoms with van der Waals surface area (Å²) in [5, 5.41) is 8.75. The average Bonchev–Trinajstić information content (AvgIpc) is 3.19. The SMILES string of the molecule is COc1cc(C#N)ccc1OCC(=O)C1CC1. The van der Waals surface area contributed by atoms with Crippen LogP contribution >= 0.6 is 0 Å². The fraction of sp³-hybridized carbons (Fsp3) is 0.385. The second kappa shape index (κ2) is 4.88. The second-order valence-corrected chi connectivity index (χ2v) is 4.01. The van der Waals surface area contributed by atoms with E-state index in [1.807, 2.05) is 6.07 Å². The van der Waals surface area contributed by atoms with Crippen LogP contribution in [0.3, 0.4) is 0 Å². The number of carbonyl (C=O) groups excluding carboxylic acids is 1. The minimum Gasteiger partial charge on any atom is -0.493 e. The highest BCUT2D eigenvalue weighted by atomic mass is 16.5. The zero-order valence-electron chi connectivity index (χ0n) is 9.60. The minimum absolute atomic E-state index is 0.0763. The monoisotopic (exact) mass is 231 g/mol. The topological polar surface area (TPSA) is 59.3 Å². The summed E-state index contributed by atoms with van der Waals surface area (Å²) >= 11 is 0. The Morgan fingerprint density at radius 1 is 1.47 bits per heavy atom. The summed E-state index contributed by atoms with van der Waals surface area (Å²) in [6.45, 7) is 0.0763. The van der Waals surface area contributed by atoms with Crippen molar-refractivity contribution in [3.63, 3.8) is 0 Å². The Morgan fingerprint density at radius 2 is 2.24 bits per heavy atom. The number of nitriles is 1. The van der Waals surface area contributed by atoms with Crippen molar-refractivity contribution in [2.75, 3.05) is 13.7 Å². The molecule has 0 amide bonds. The Labute approximate surface area is 99.8 Å². The van der Waals surface area contributed by atoms with E-state index in [9.17, 15) is 4.79 Å². The Kier molecular flexibility index (Phi) is 3.29. The van der Waals surface area contributed by atoms with Crippen LogP contribution in [0, 0.1) is 17.2 Å². The molecule has 17 heavy (non-hydrogen) atoms. The summed E-state index contributed by atoms with van der Waals surface area (Å²) in [5.41, 5.74) is 0.503. The van der Waals surface area contributed by atoms with Gasteiger partial charge in [0.15, 0.2) is 17.3 Å². The maximum Gasteiger partial charge on any atom is 0.173 e. The van der Waals surface area contributed by atoms with Crippen molar-refractivity contribution in [2.24, 2.45) is 5.92 Å². The van der Waals surface area contributed by atoms with E-state index in [4.69, 9.17) is 14.7 Å². The Balaban J connectivity index is 2.04. The molecule has 0 saturated heterocycles. The highest BCUT2D eigenvalue weighted by Crippen LogP contribution is 2.31. The Bertz CT molecular complexity index is 472. The molecule has 2 rings (SSSR count). The van der Waals surface area contributed by atoms with Crippen LogP contribution in [0.4, 0.5) is 0 Å². The van der Waals surface area contributed by atoms with Gasteiger partial charge in [0, 0.05) is 12.0 Å². The van der Waals surface area contributed by atoms with Crippen molar-refractivity contribution in [3.05, 3.63) is 23.8 Å². The molecule has 1 fully saturated rings. The van der Waals surface area contributed by atoms with Crippen LogP contribution in [-0.2, 0) is 4.79 Å². The van der Waals surface area contributed by atoms with E-state index >= 15 is 0 Å². The number of carbonyl (C=O) groups is 1. The first-order valence-corrected chi connectivity index (χ1v) is 5.48. The maximum atomic E-state index is 11.5. The molecule has 1 aromatic carbocycles. The predicted molar refractivity (Wildman–Crippen MR) is 60.9 cm³/mol. The third-order valence-corrected chi connectivity index (χ3v) is 2.70. The lowest BCUT2D eigenvalue weighted by atomic mass is 10.2. The number of Topliss-reactive ketones (excluding diaryl/α,β-unsaturated/α-hetero) is 1. The summed E-state index contributed by atoms with van der Waals surface area (Å²) in [4.78, 5) is 11.5. The van der Waals surface area contributed by atoms with Gasteiger partial charge in [-0.05, 0) is 25.0 Å². The zero-order chi connectivity index (χ0) is 12.3. The lowest BCUT2D eigenvalue weighted by Crippen LogP contribution is -2.13. The van der Waals surface area contributed by atoms with Gasteiger partial charge >= 0.3 is 0 Å². The first kappa shape index (κ1) is 11.5. The van der Waals surface area contributed by atoms with Crippen molar-refractivity contribution in [1.82, 2.24) is 0 Å². The molecule has 1 aliphatic carbocycles. The van der Waals surface area contributed by atoms with E-state index in [1.165, 1.54) is 7.11 Å². The van der Waals surface area contributed by atoms with E-state index in [0.29, 0.717) is 17.1 Å². The average molecular weight is 231 g/mol. The molecule has 1 saturated carbocycles. The molecule has 0 heterocycles. The minimum atomic E-state index is 0.0763. The zero-order valence-corrected chi connectivity index (χ0v) is 9.60. The van der Waals surface area contributed by atoms with Gasteiger partial charge in [-0.15, -0.1) is 0 Å². The molecule has 0 aliphatic heterocycles. The lowest BCUT2D eigenvalue weighted by Gasteiger charge is -2.09. The van der Waals surface area contributed by atoms with Crippen LogP contribution in [-0.4, -0.2) is 19.5 Å². The first-order chi connectivity index (χ1) is 8.24. The normalized spacial score (nSPS) is 13.9. The fourth-order valence-corrected chi connectivity index (χ4v) is 1.53. The van der Waals surface area contributed by atoms with Crippen LogP contribution in [0.2, 0.25) is 0 Å². The standard InChI is InChI=1S/C13H13NO3/c1-16-13-6-9(7-14)2-5-12(13)17-8-11(15)10-3-4-10/h2,5-6,10H,3-4,8H2,1H3. The third-order valence-electron chi connectivity index (χ3n) is 2.70. The number of nitrogens with zero attached hydrogens (tertiary/aromatic N) is 1. The molecule has 0 unspecified atom stereocenters. The number of methoxy groups -OCH3 is 1. The summed E-state index contributed by atoms with van der Waals surface area (Å²) in [5.74, 6) is 1.31. The van der Waals surface area contributed by atoms with Gasteiger partial charge in [-0.1, -0.05) is 0 Å². The van der Waals surface area contributed by atoms with Crippen molar-refractivity contribution in [1.29, 1.82) is 5.26 Å². The van der Waals surface area contributed by atoms with Crippen molar-refractivity contribution < 1.29 is 14.3 Å². The molecule has 0 atom stereocenters. The summed E-state index contributed by atoms with van der Waals surface area (Å²) in [6.07, 6.45) is 1.96. The number of ketones is 1. The molecule has 4 nitrogen and oxygen atoms in total. The summed E-state index contributed by atoms with van der Waals surface area (Å²) in [7, 11) is 1.51. The Morgan fingerprint density at radius 3 is 2.82 bits per heavy atom. The van der Waals surface area contributed by atoms with Crippen LogP contribution in [0.25, 0.3) is 0 Å². The van der Waals surface area contributed by atoms with Crippen LogP contribution in [0.5, 0.6) is 11.5 Å². The molecule has 0 N–H and O–H groups in total. The molecular weight excluding hydrogens is 218 g/mol. The van der Waals surface area contributed by atoms with Gasteiger partial charge in [0.1, 0.15) is 6.61 Å². The van der Waals surface area contributed by atoms with Crippen molar-refractivity contribution in [2.45, 2.75) is 12.8 Å². The number of benzene rings is 1. The largest absolute Gasteiger partial charge is 0.493 e. The van der Waals surface area contributed by atoms with Gasteiger partial charge in [-0.3, -0.25) is 4.79 Å². The molecule has 0 radical (unpaired) electrons. The van der Waals surface area contributed by atoms with E-state index < -0.39 is 0 Å². The van der Waals surface area contributed by atoms with Crippen LogP contribution < -0.4 is 9.47 Å². The quantitative estimate of drug-likeness (QED) is 0.776. The van der Waals surface area contributed by atoms with Gasteiger partial charge in [-0.2, -0.15) is 5.26 Å². The molecule has 0 spiro atoms. The van der Waals surface area contributed by atoms with E-state index in [-0.39, 0.29) is 18.3 Å². The highest BCUT2D eigenvalue weighted by Gasteiger charge is 2.29. The van der Waals surface area contributed by atoms with Gasteiger partial charge < -0.3 is 9.47 Å². The molecule has 4 heteroatoms. The number of hydrogen-bond donors (Lipinski definition) is 0. The molecule has 0 aromatic heterocycles. The number of hydrogen-bond acceptors (Lipinski definition) is 4. The highest BCUT2D eigenvalue weighted by molar-refractivity contribution is 5.84. The molecule has 1 aliphatic rings. The summed E-state index contributed by atoms with van der Waals surface area (Å²) < 4.78 is 10.5. The summed E-state index contributed by atoms with van der Waals surface area (Å²) in [6, 6.07) is 6.90. The van der Waals surface area contributed by atoms with Gasteiger partial charge in [0.25, 0.3) is 0 Å². The fourth-order valence-electron chi connectivity index (χ4n) is 1.53. The van der Waals surface area contributed by atoms with Crippen molar-refractivity contribution in [3.8, 4) is 17.6 Å². The lowest BCUT2D eigenvalue weighted by molar-refractivity contribution is -0.122. The first-order valence-electron chi connectivity index (χ1n) is 5.48. The van der Waals surface area contributed by atoms with Gasteiger partial charge in [0.2, 0.25) is 0 Å². The van der Waals surface area contributed by atoms with E-state index in [2.05, 4.69) is 0 Å². The van der Waals surface area contributed by atoms with Gasteiger partial charge in [0.05, 0.1) is 18.7 Å². The van der Waals surface area contributed by atoms with Crippen molar-refractivity contribution >= 4 is 5.78 Å². The molecule has 88 valence electrons. The molecular formula is C13H13NO3. The smallest absolute Gasteiger partial charge is 0.173 e. The van der Waals surface area contributed by atoms with E-state index in [1.54, 1.807) is 18.2 Å². The second-order valence-electron chi connectivity index (χ2n) is 4.01. The predicted octanol–water partition coefficient (Wildman–Crippen LogP) is 1.92. The van der Waals surface area contributed by atoms with Gasteiger partial charge in [-0.25, -0.2) is 0 Å². The van der Waals surface area contributed by atoms with E-state index in [0.717, 1.165) is 12.8 Å². The van der Waals surface area contributed by atoms with Crippen LogP contribution in [0.1, 0.15) is 18.4 Å². The molecule has 1 aromatic rings. The van der Waals surface area contributed by atoms with Crippen LogP contribution in [0.15, 0.2) is 18.2 Å². The Hall–Kier alpha value is -2.02. The molecule has 0 bridgehead atoms. The number of ether oxygens (including phenoxy) is 2. The third kappa shape index (κ3) is 2.76. The number of rotatable bonds is 5.